The first kappa shape index (κ1) is 15.4. The molecule has 1 heterocycles. The maximum atomic E-state index is 11.2. The van der Waals surface area contributed by atoms with E-state index in [9.17, 15) is 9.36 Å². The fourth-order valence-electron chi connectivity index (χ4n) is 2.00. The molecule has 2 aromatic rings. The first-order valence-corrected chi connectivity index (χ1v) is 7.85. The van der Waals surface area contributed by atoms with Crippen molar-refractivity contribution in [2.24, 2.45) is 0 Å². The highest BCUT2D eigenvalue weighted by molar-refractivity contribution is 7.50. The molecule has 0 bridgehead atoms. The van der Waals surface area contributed by atoms with Gasteiger partial charge in [-0.25, -0.2) is 4.98 Å². The normalized spacial score (nSPS) is 11.7. The van der Waals surface area contributed by atoms with Gasteiger partial charge in [0.25, 0.3) is 0 Å². The Morgan fingerprint density at radius 3 is 2.52 bits per heavy atom. The van der Waals surface area contributed by atoms with Gasteiger partial charge in [0.2, 0.25) is 0 Å². The lowest BCUT2D eigenvalue weighted by atomic mass is 10.0. The highest BCUT2D eigenvalue weighted by Crippen LogP contribution is 2.40. The Morgan fingerprint density at radius 1 is 1.24 bits per heavy atom. The van der Waals surface area contributed by atoms with Gasteiger partial charge >= 0.3 is 13.6 Å². The molecule has 0 aliphatic carbocycles. The summed E-state index contributed by atoms with van der Waals surface area (Å²) < 4.78 is 11.2. The zero-order valence-corrected chi connectivity index (χ0v) is 11.8. The molecule has 0 aliphatic heterocycles. The number of carboxylic acid groups (broad SMARTS) is 1. The summed E-state index contributed by atoms with van der Waals surface area (Å²) in [6.07, 6.45) is 0.912. The number of aliphatic carboxylic acids is 1. The van der Waals surface area contributed by atoms with E-state index in [2.05, 4.69) is 9.97 Å². The molecule has 5 N–H and O–H groups in total. The van der Waals surface area contributed by atoms with Gasteiger partial charge in [-0.3, -0.25) is 14.3 Å². The zero-order valence-electron chi connectivity index (χ0n) is 10.9. The standard InChI is InChI=1S/C12H14N3O5P/c13-11-5-14-9-3-7(1-2-12(16)17)8(4-10(9)15-11)6-21(18,19)20/h3-5H,1-2,6H2,(H2,13,15)(H,16,17)(H2,18,19,20). The van der Waals surface area contributed by atoms with E-state index < -0.39 is 19.7 Å². The number of carboxylic acids is 1. The van der Waals surface area contributed by atoms with Crippen molar-refractivity contribution in [3.8, 4) is 0 Å². The summed E-state index contributed by atoms with van der Waals surface area (Å²) in [7, 11) is -4.28. The number of rotatable bonds is 5. The minimum Gasteiger partial charge on any atom is -0.481 e. The Labute approximate surface area is 119 Å². The number of fused-ring (bicyclic) bond motifs is 1. The van der Waals surface area contributed by atoms with Crippen LogP contribution in [0.2, 0.25) is 0 Å². The zero-order chi connectivity index (χ0) is 15.6. The minimum absolute atomic E-state index is 0.137. The van der Waals surface area contributed by atoms with Crippen LogP contribution in [0.1, 0.15) is 17.5 Å². The number of aryl methyl sites for hydroxylation is 1. The molecule has 0 saturated carbocycles. The Morgan fingerprint density at radius 2 is 1.90 bits per heavy atom. The van der Waals surface area contributed by atoms with Crippen LogP contribution in [0.5, 0.6) is 0 Å². The Balaban J connectivity index is 2.50. The van der Waals surface area contributed by atoms with Crippen LogP contribution in [0.15, 0.2) is 18.3 Å². The van der Waals surface area contributed by atoms with Gasteiger partial charge in [-0.05, 0) is 29.7 Å². The average molecular weight is 311 g/mol. The number of benzene rings is 1. The molecular formula is C12H14N3O5P. The molecule has 2 rings (SSSR count). The number of nitrogens with zero attached hydrogens (tertiary/aromatic N) is 2. The molecule has 0 atom stereocenters. The molecule has 8 nitrogen and oxygen atoms in total. The van der Waals surface area contributed by atoms with E-state index in [1.165, 1.54) is 12.3 Å². The van der Waals surface area contributed by atoms with Crippen LogP contribution in [0.3, 0.4) is 0 Å². The topological polar surface area (TPSA) is 147 Å². The highest BCUT2D eigenvalue weighted by atomic mass is 31.2. The molecule has 0 saturated heterocycles. The van der Waals surface area contributed by atoms with Crippen molar-refractivity contribution in [3.05, 3.63) is 29.5 Å². The quantitative estimate of drug-likeness (QED) is 0.596. The summed E-state index contributed by atoms with van der Waals surface area (Å²) in [5.74, 6) is -0.788. The number of nitrogens with two attached hydrogens (primary N) is 1. The van der Waals surface area contributed by atoms with Crippen LogP contribution in [-0.4, -0.2) is 30.8 Å². The van der Waals surface area contributed by atoms with Crippen LogP contribution < -0.4 is 5.73 Å². The maximum absolute atomic E-state index is 11.2. The fourth-order valence-corrected chi connectivity index (χ4v) is 2.74. The molecule has 9 heteroatoms. The number of anilines is 1. The summed E-state index contributed by atoms with van der Waals surface area (Å²) in [6, 6.07) is 3.09. The fraction of sp³-hybridized carbons (Fsp3) is 0.250. The van der Waals surface area contributed by atoms with Crippen molar-refractivity contribution >= 4 is 30.4 Å². The van der Waals surface area contributed by atoms with Crippen molar-refractivity contribution in [1.29, 1.82) is 0 Å². The van der Waals surface area contributed by atoms with Gasteiger partial charge < -0.3 is 20.6 Å². The van der Waals surface area contributed by atoms with Crippen molar-refractivity contribution in [2.45, 2.75) is 19.0 Å². The largest absolute Gasteiger partial charge is 0.481 e. The van der Waals surface area contributed by atoms with Crippen LogP contribution in [0.4, 0.5) is 5.82 Å². The number of nitrogen functional groups attached to an aromatic ring is 1. The molecule has 21 heavy (non-hydrogen) atoms. The minimum atomic E-state index is -4.28. The summed E-state index contributed by atoms with van der Waals surface area (Å²) in [4.78, 5) is 37.1. The van der Waals surface area contributed by atoms with E-state index in [-0.39, 0.29) is 18.7 Å². The Kier molecular flexibility index (Phi) is 4.22. The van der Waals surface area contributed by atoms with Gasteiger partial charge in [0, 0.05) is 6.42 Å². The molecule has 1 aromatic heterocycles. The van der Waals surface area contributed by atoms with Gasteiger partial charge in [0.15, 0.2) is 0 Å². The molecule has 0 amide bonds. The second-order valence-corrected chi connectivity index (χ2v) is 6.27. The molecule has 0 unspecified atom stereocenters. The van der Waals surface area contributed by atoms with E-state index in [0.29, 0.717) is 22.2 Å². The molecular weight excluding hydrogens is 297 g/mol. The summed E-state index contributed by atoms with van der Waals surface area (Å²) >= 11 is 0. The lowest BCUT2D eigenvalue weighted by Crippen LogP contribution is -2.03. The Bertz CT molecular complexity index is 743. The van der Waals surface area contributed by atoms with Crippen molar-refractivity contribution in [3.63, 3.8) is 0 Å². The van der Waals surface area contributed by atoms with Crippen LogP contribution in [0, 0.1) is 0 Å². The second-order valence-electron chi connectivity index (χ2n) is 4.62. The molecule has 0 fully saturated rings. The molecule has 0 spiro atoms. The monoisotopic (exact) mass is 311 g/mol. The van der Waals surface area contributed by atoms with Crippen LogP contribution in [-0.2, 0) is 21.9 Å². The third-order valence-electron chi connectivity index (χ3n) is 2.87. The lowest BCUT2D eigenvalue weighted by Gasteiger charge is -2.11. The van der Waals surface area contributed by atoms with Gasteiger partial charge in [-0.1, -0.05) is 0 Å². The van der Waals surface area contributed by atoms with Crippen molar-refractivity contribution in [2.75, 3.05) is 5.73 Å². The number of hydrogen-bond acceptors (Lipinski definition) is 5. The number of hydrogen-bond donors (Lipinski definition) is 4. The predicted molar refractivity (Wildman–Crippen MR) is 75.7 cm³/mol. The van der Waals surface area contributed by atoms with E-state index in [1.54, 1.807) is 6.07 Å². The summed E-state index contributed by atoms with van der Waals surface area (Å²) in [5.41, 5.74) is 7.34. The maximum Gasteiger partial charge on any atom is 0.329 e. The predicted octanol–water partition coefficient (Wildman–Crippen LogP) is 0.907. The van der Waals surface area contributed by atoms with Gasteiger partial charge in [-0.15, -0.1) is 0 Å². The molecule has 0 aliphatic rings. The van der Waals surface area contributed by atoms with Gasteiger partial charge in [0.1, 0.15) is 5.82 Å². The summed E-state index contributed by atoms with van der Waals surface area (Å²) in [5, 5.41) is 8.75. The molecule has 0 radical (unpaired) electrons. The number of carbonyl (C=O) groups is 1. The van der Waals surface area contributed by atoms with E-state index in [4.69, 9.17) is 20.6 Å². The van der Waals surface area contributed by atoms with E-state index >= 15 is 0 Å². The van der Waals surface area contributed by atoms with Crippen LogP contribution >= 0.6 is 7.60 Å². The lowest BCUT2D eigenvalue weighted by molar-refractivity contribution is -0.136. The average Bonchev–Trinajstić information content (AvgIpc) is 2.34. The van der Waals surface area contributed by atoms with Crippen LogP contribution in [0.25, 0.3) is 11.0 Å². The van der Waals surface area contributed by atoms with Crippen molar-refractivity contribution < 1.29 is 24.3 Å². The van der Waals surface area contributed by atoms with Crippen molar-refractivity contribution in [1.82, 2.24) is 9.97 Å². The second kappa shape index (κ2) is 5.77. The third kappa shape index (κ3) is 4.22. The first-order valence-electron chi connectivity index (χ1n) is 6.05. The smallest absolute Gasteiger partial charge is 0.329 e. The number of aromatic nitrogens is 2. The van der Waals surface area contributed by atoms with E-state index in [0.717, 1.165) is 0 Å². The van der Waals surface area contributed by atoms with E-state index in [1.807, 2.05) is 0 Å². The Hall–Kier alpha value is -2.02. The third-order valence-corrected chi connectivity index (χ3v) is 3.62. The molecule has 1 aromatic carbocycles. The van der Waals surface area contributed by atoms with Gasteiger partial charge in [-0.2, -0.15) is 0 Å². The summed E-state index contributed by atoms with van der Waals surface area (Å²) in [6.45, 7) is 0. The molecule has 112 valence electrons. The SMILES string of the molecule is Nc1cnc2cc(CCC(=O)O)c(CP(=O)(O)O)cc2n1. The first-order chi connectivity index (χ1) is 9.74. The van der Waals surface area contributed by atoms with Gasteiger partial charge in [0.05, 0.1) is 23.4 Å². The highest BCUT2D eigenvalue weighted by Gasteiger charge is 2.18.